The van der Waals surface area contributed by atoms with Gasteiger partial charge in [-0.15, -0.1) is 4.91 Å². The van der Waals surface area contributed by atoms with Crippen molar-refractivity contribution < 1.29 is 34.5 Å². The third-order valence-electron chi connectivity index (χ3n) is 7.58. The average Bonchev–Trinajstić information content (AvgIpc) is 2.83. The molecule has 3 aliphatic carbocycles. The third kappa shape index (κ3) is 3.75. The molecule has 1 aromatic rings. The maximum Gasteiger partial charge on any atom is 0.255 e. The van der Waals surface area contributed by atoms with Crippen LogP contribution in [-0.4, -0.2) is 88.3 Å². The zero-order valence-corrected chi connectivity index (χ0v) is 21.3. The van der Waals surface area contributed by atoms with Crippen LogP contribution in [0.4, 0.5) is 0 Å². The number of aliphatic hydroxyl groups is 2. The van der Waals surface area contributed by atoms with Crippen molar-refractivity contribution in [3.05, 3.63) is 62.4 Å². The van der Waals surface area contributed by atoms with E-state index in [1.165, 1.54) is 42.1 Å². The van der Waals surface area contributed by atoms with Crippen LogP contribution in [0, 0.1) is 16.7 Å². The van der Waals surface area contributed by atoms with Gasteiger partial charge in [-0.3, -0.25) is 24.1 Å². The molecule has 5 N–H and O–H groups in total. The van der Waals surface area contributed by atoms with E-state index in [1.54, 1.807) is 20.2 Å². The largest absolute Gasteiger partial charge is 0.508 e. The number of benzene rings is 1. The highest BCUT2D eigenvalue weighted by atomic mass is 16.3. The minimum absolute atomic E-state index is 0.0455. The number of allylic oxidation sites excluding steroid dienone is 1. The Labute approximate surface area is 217 Å². The molecule has 0 radical (unpaired) electrons. The highest BCUT2D eigenvalue weighted by Crippen LogP contribution is 2.54. The summed E-state index contributed by atoms with van der Waals surface area (Å²) in [6.07, 6.45) is 2.89. The number of phenolic OH excluding ortho intramolecular Hbond substituents is 1. The fourth-order valence-corrected chi connectivity index (χ4v) is 5.85. The first-order valence-electron chi connectivity index (χ1n) is 11.8. The van der Waals surface area contributed by atoms with Crippen molar-refractivity contribution in [2.45, 2.75) is 24.5 Å². The normalized spacial score (nSPS) is 26.8. The van der Waals surface area contributed by atoms with Crippen molar-refractivity contribution in [2.24, 2.45) is 22.7 Å². The zero-order valence-electron chi connectivity index (χ0n) is 21.3. The second-order valence-corrected chi connectivity index (χ2v) is 10.1. The molecule has 0 bridgehead atoms. The van der Waals surface area contributed by atoms with Crippen molar-refractivity contribution in [1.29, 1.82) is 0 Å². The smallest absolute Gasteiger partial charge is 0.255 e. The first kappa shape index (κ1) is 26.9. The topological polar surface area (TPSA) is 191 Å². The van der Waals surface area contributed by atoms with Gasteiger partial charge in [0.15, 0.2) is 17.2 Å². The van der Waals surface area contributed by atoms with Gasteiger partial charge in [0.25, 0.3) is 5.91 Å². The highest BCUT2D eigenvalue weighted by molar-refractivity contribution is 6.22. The zero-order chi connectivity index (χ0) is 28.3. The van der Waals surface area contributed by atoms with E-state index < -0.39 is 58.0 Å². The van der Waals surface area contributed by atoms with Crippen molar-refractivity contribution in [1.82, 2.24) is 9.80 Å². The Bertz CT molecular complexity index is 1390. The average molecular weight is 525 g/mol. The van der Waals surface area contributed by atoms with Gasteiger partial charge < -0.3 is 26.0 Å². The molecule has 200 valence electrons. The number of hydrogen-bond donors (Lipinski definition) is 4. The van der Waals surface area contributed by atoms with Crippen LogP contribution in [0.1, 0.15) is 27.9 Å². The van der Waals surface area contributed by atoms with E-state index in [-0.39, 0.29) is 35.6 Å². The summed E-state index contributed by atoms with van der Waals surface area (Å²) in [6.45, 7) is 0. The second kappa shape index (κ2) is 9.30. The number of hydrogen-bond acceptors (Lipinski definition) is 10. The summed E-state index contributed by atoms with van der Waals surface area (Å²) in [5.74, 6) is -6.61. The summed E-state index contributed by atoms with van der Waals surface area (Å²) in [5.41, 5.74) is 1.65. The Hall–Kier alpha value is -4.16. The molecule has 12 heteroatoms. The SMILES string of the molecule is CN(C)C(=O)/C=C/c1ccc(O)c2c1C[C@H]1C[C@H]3[C@H](N(C)C)C(=O)C(C(N)=O)=C(O)[C@@]3(O)C(N=O)=C1C2=O. The molecule has 4 atom stereocenters. The number of primary amides is 1. The number of nitrogens with zero attached hydrogens (tertiary/aromatic N) is 3. The van der Waals surface area contributed by atoms with E-state index >= 15 is 0 Å². The lowest BCUT2D eigenvalue weighted by Gasteiger charge is -2.50. The number of phenols is 1. The number of ketones is 2. The van der Waals surface area contributed by atoms with Crippen LogP contribution in [0.2, 0.25) is 0 Å². The first-order valence-corrected chi connectivity index (χ1v) is 11.8. The summed E-state index contributed by atoms with van der Waals surface area (Å²) < 4.78 is 0. The quantitative estimate of drug-likeness (QED) is 0.240. The predicted octanol–water partition coefficient (Wildman–Crippen LogP) is 0.430. The van der Waals surface area contributed by atoms with Gasteiger partial charge in [-0.05, 0) is 61.3 Å². The van der Waals surface area contributed by atoms with Gasteiger partial charge >= 0.3 is 0 Å². The van der Waals surface area contributed by atoms with Crippen LogP contribution in [0.5, 0.6) is 5.75 Å². The summed E-state index contributed by atoms with van der Waals surface area (Å²) in [7, 11) is 6.22. The van der Waals surface area contributed by atoms with E-state index in [2.05, 4.69) is 5.18 Å². The highest BCUT2D eigenvalue weighted by Gasteiger charge is 2.62. The van der Waals surface area contributed by atoms with Crippen LogP contribution in [-0.2, 0) is 20.8 Å². The van der Waals surface area contributed by atoms with Crippen LogP contribution in [0.25, 0.3) is 6.08 Å². The summed E-state index contributed by atoms with van der Waals surface area (Å²) in [4.78, 5) is 66.2. The summed E-state index contributed by atoms with van der Waals surface area (Å²) >= 11 is 0. The van der Waals surface area contributed by atoms with E-state index in [4.69, 9.17) is 5.73 Å². The van der Waals surface area contributed by atoms with E-state index in [1.807, 2.05) is 0 Å². The number of fused-ring (bicyclic) bond motifs is 3. The monoisotopic (exact) mass is 524 g/mol. The third-order valence-corrected chi connectivity index (χ3v) is 7.58. The Morgan fingerprint density at radius 2 is 1.82 bits per heavy atom. The Morgan fingerprint density at radius 3 is 2.37 bits per heavy atom. The fourth-order valence-electron chi connectivity index (χ4n) is 5.85. The molecule has 4 rings (SSSR count). The number of aromatic hydroxyl groups is 1. The van der Waals surface area contributed by atoms with Crippen LogP contribution >= 0.6 is 0 Å². The molecule has 0 unspecified atom stereocenters. The van der Waals surface area contributed by atoms with Gasteiger partial charge in [0.2, 0.25) is 5.91 Å². The number of rotatable bonds is 5. The molecule has 0 aromatic heterocycles. The lowest BCUT2D eigenvalue weighted by atomic mass is 9.58. The number of nitrogens with two attached hydrogens (primary N) is 1. The fraction of sp³-hybridized carbons (Fsp3) is 0.385. The van der Waals surface area contributed by atoms with Crippen molar-refractivity contribution in [3.8, 4) is 5.75 Å². The molecule has 38 heavy (non-hydrogen) atoms. The number of nitroso groups, excluding NO2 is 1. The Morgan fingerprint density at radius 1 is 1.16 bits per heavy atom. The van der Waals surface area contributed by atoms with Gasteiger partial charge in [0, 0.05) is 31.7 Å². The number of aliphatic hydroxyl groups excluding tert-OH is 1. The van der Waals surface area contributed by atoms with Gasteiger partial charge in [0.05, 0.1) is 11.6 Å². The van der Waals surface area contributed by atoms with Gasteiger partial charge in [0.1, 0.15) is 22.8 Å². The van der Waals surface area contributed by atoms with E-state index in [0.717, 1.165) is 0 Å². The molecule has 0 fully saturated rings. The van der Waals surface area contributed by atoms with Crippen LogP contribution < -0.4 is 5.73 Å². The molecule has 0 saturated carbocycles. The molecule has 2 amide bonds. The van der Waals surface area contributed by atoms with Gasteiger partial charge in [-0.2, -0.15) is 0 Å². The lowest BCUT2D eigenvalue weighted by Crippen LogP contribution is -2.62. The lowest BCUT2D eigenvalue weighted by molar-refractivity contribution is -0.134. The molecular formula is C26H28N4O8. The molecule has 1 aromatic carbocycles. The van der Waals surface area contributed by atoms with Gasteiger partial charge in [-0.25, -0.2) is 0 Å². The van der Waals surface area contributed by atoms with Crippen molar-refractivity contribution in [2.75, 3.05) is 28.2 Å². The first-order chi connectivity index (χ1) is 17.8. The Balaban J connectivity index is 1.98. The maximum atomic E-state index is 13.8. The molecule has 0 heterocycles. The second-order valence-electron chi connectivity index (χ2n) is 10.1. The molecule has 0 aliphatic heterocycles. The number of carbonyl (C=O) groups is 4. The molecule has 0 saturated heterocycles. The number of carbonyl (C=O) groups excluding carboxylic acids is 4. The van der Waals surface area contributed by atoms with Crippen molar-refractivity contribution >= 4 is 29.5 Å². The molecular weight excluding hydrogens is 496 g/mol. The maximum absolute atomic E-state index is 13.8. The minimum atomic E-state index is -2.64. The molecule has 0 spiro atoms. The minimum Gasteiger partial charge on any atom is -0.508 e. The van der Waals surface area contributed by atoms with Crippen LogP contribution in [0.15, 0.2) is 46.0 Å². The van der Waals surface area contributed by atoms with Gasteiger partial charge in [-0.1, -0.05) is 6.07 Å². The summed E-state index contributed by atoms with van der Waals surface area (Å²) in [5, 5.41) is 36.3. The number of likely N-dealkylation sites (N-methyl/N-ethyl adjacent to an activating group) is 2. The number of Topliss-reactive ketones (excluding diaryl/α,β-unsaturated/α-hetero) is 2. The number of amides is 2. The van der Waals surface area contributed by atoms with Crippen molar-refractivity contribution in [3.63, 3.8) is 0 Å². The molecule has 3 aliphatic rings. The predicted molar refractivity (Wildman–Crippen MR) is 135 cm³/mol. The Kier molecular flexibility index (Phi) is 6.58. The summed E-state index contributed by atoms with van der Waals surface area (Å²) in [6, 6.07) is 1.65. The molecule has 12 nitrogen and oxygen atoms in total. The van der Waals surface area contributed by atoms with Crippen LogP contribution in [0.3, 0.4) is 0 Å². The van der Waals surface area contributed by atoms with E-state index in [0.29, 0.717) is 11.1 Å². The standard InChI is InChI=1S/C26H28N4O8/c1-29(2)16(32)8-6-11-5-7-15(31)18-13(11)9-12-10-14-20(30(3)4)22(34)19(25(27)36)24(35)26(14,37)23(28-38)17(12)21(18)33/h5-8,12,14,20,31,35,37H,9-10H2,1-4H3,(H2,27,36)/b8-6+/t12-,14-,20-,26-/m0/s1. The van der Waals surface area contributed by atoms with E-state index in [9.17, 15) is 39.4 Å².